The minimum Gasteiger partial charge on any atom is -0.468 e. The smallest absolute Gasteiger partial charge is 0.323 e. The molecular formula is C15H22N2O4. The van der Waals surface area contributed by atoms with Gasteiger partial charge in [-0.3, -0.25) is 14.3 Å². The van der Waals surface area contributed by atoms with Crippen molar-refractivity contribution in [2.24, 2.45) is 18.4 Å². The van der Waals surface area contributed by atoms with Crippen LogP contribution in [0.5, 0.6) is 0 Å². The van der Waals surface area contributed by atoms with Gasteiger partial charge < -0.3 is 9.47 Å². The van der Waals surface area contributed by atoms with Crippen LogP contribution < -0.4 is 0 Å². The molecule has 1 aromatic heterocycles. The van der Waals surface area contributed by atoms with E-state index in [1.807, 2.05) is 6.07 Å². The van der Waals surface area contributed by atoms with Crippen molar-refractivity contribution in [1.29, 1.82) is 0 Å². The zero-order valence-electron chi connectivity index (χ0n) is 12.8. The molecule has 6 heteroatoms. The van der Waals surface area contributed by atoms with Crippen molar-refractivity contribution in [3.8, 4) is 0 Å². The molecule has 0 bridgehead atoms. The summed E-state index contributed by atoms with van der Waals surface area (Å²) in [5.41, 5.74) is -0.589. The number of hydrogen-bond acceptors (Lipinski definition) is 5. The average Bonchev–Trinajstić information content (AvgIpc) is 3.14. The van der Waals surface area contributed by atoms with Gasteiger partial charge in [-0.15, -0.1) is 0 Å². The summed E-state index contributed by atoms with van der Waals surface area (Å²) in [6.45, 7) is 0. The number of carbonyl (C=O) groups excluding carboxylic acids is 2. The van der Waals surface area contributed by atoms with Gasteiger partial charge in [0.15, 0.2) is 5.41 Å². The van der Waals surface area contributed by atoms with Gasteiger partial charge in [0.25, 0.3) is 0 Å². The van der Waals surface area contributed by atoms with Crippen LogP contribution in [0, 0.1) is 11.3 Å². The number of carbonyl (C=O) groups is 2. The quantitative estimate of drug-likeness (QED) is 0.608. The predicted molar refractivity (Wildman–Crippen MR) is 75.3 cm³/mol. The lowest BCUT2D eigenvalue weighted by molar-refractivity contribution is -0.174. The van der Waals surface area contributed by atoms with Crippen LogP contribution in [0.4, 0.5) is 0 Å². The van der Waals surface area contributed by atoms with Crippen molar-refractivity contribution in [2.75, 3.05) is 14.2 Å². The molecule has 2 rings (SSSR count). The number of esters is 2. The van der Waals surface area contributed by atoms with Crippen LogP contribution in [0.1, 0.15) is 31.4 Å². The third-order valence-electron chi connectivity index (χ3n) is 4.38. The summed E-state index contributed by atoms with van der Waals surface area (Å²) in [4.78, 5) is 24.9. The predicted octanol–water partition coefficient (Wildman–Crippen LogP) is 1.49. The van der Waals surface area contributed by atoms with Crippen molar-refractivity contribution in [2.45, 2.75) is 32.1 Å². The fourth-order valence-corrected chi connectivity index (χ4v) is 3.33. The Kier molecular flexibility index (Phi) is 4.65. The SMILES string of the molecule is COC(=O)C(Cc1ccn(C)n1)(C(=O)OC)C1CCCC1. The van der Waals surface area contributed by atoms with Crippen LogP contribution in [-0.2, 0) is 32.5 Å². The number of rotatable bonds is 5. The lowest BCUT2D eigenvalue weighted by atomic mass is 9.71. The molecule has 1 heterocycles. The summed E-state index contributed by atoms with van der Waals surface area (Å²) >= 11 is 0. The molecule has 1 saturated carbocycles. The fraction of sp³-hybridized carbons (Fsp3) is 0.667. The molecule has 0 unspecified atom stereocenters. The first kappa shape index (κ1) is 15.5. The Bertz CT molecular complexity index is 501. The number of nitrogens with zero attached hydrogens (tertiary/aromatic N) is 2. The molecule has 0 aromatic carbocycles. The lowest BCUT2D eigenvalue weighted by Gasteiger charge is -2.33. The Morgan fingerprint density at radius 3 is 2.29 bits per heavy atom. The van der Waals surface area contributed by atoms with Crippen molar-refractivity contribution < 1.29 is 19.1 Å². The van der Waals surface area contributed by atoms with Gasteiger partial charge in [-0.1, -0.05) is 12.8 Å². The Labute approximate surface area is 124 Å². The van der Waals surface area contributed by atoms with E-state index in [4.69, 9.17) is 9.47 Å². The van der Waals surface area contributed by atoms with Crippen LogP contribution >= 0.6 is 0 Å². The van der Waals surface area contributed by atoms with Gasteiger partial charge in [-0.05, 0) is 24.8 Å². The van der Waals surface area contributed by atoms with Crippen molar-refractivity contribution in [3.05, 3.63) is 18.0 Å². The molecule has 21 heavy (non-hydrogen) atoms. The summed E-state index contributed by atoms with van der Waals surface area (Å²) in [6.07, 6.45) is 5.71. The van der Waals surface area contributed by atoms with Crippen LogP contribution in [0.2, 0.25) is 0 Å². The Balaban J connectivity index is 2.43. The molecule has 6 nitrogen and oxygen atoms in total. The van der Waals surface area contributed by atoms with E-state index in [2.05, 4.69) is 5.10 Å². The molecule has 0 radical (unpaired) electrons. The molecule has 1 fully saturated rings. The third-order valence-corrected chi connectivity index (χ3v) is 4.38. The minimum atomic E-state index is -1.28. The molecule has 0 saturated heterocycles. The second-order valence-electron chi connectivity index (χ2n) is 5.59. The second-order valence-corrected chi connectivity index (χ2v) is 5.59. The maximum Gasteiger partial charge on any atom is 0.323 e. The normalized spacial score (nSPS) is 16.0. The van der Waals surface area contributed by atoms with E-state index in [1.54, 1.807) is 17.9 Å². The average molecular weight is 294 g/mol. The van der Waals surface area contributed by atoms with E-state index in [0.29, 0.717) is 5.69 Å². The van der Waals surface area contributed by atoms with Crippen LogP contribution in [0.25, 0.3) is 0 Å². The Hall–Kier alpha value is -1.85. The van der Waals surface area contributed by atoms with E-state index in [9.17, 15) is 9.59 Å². The van der Waals surface area contributed by atoms with Crippen LogP contribution in [-0.4, -0.2) is 35.9 Å². The van der Waals surface area contributed by atoms with Crippen molar-refractivity contribution in [1.82, 2.24) is 9.78 Å². The summed E-state index contributed by atoms with van der Waals surface area (Å²) in [7, 11) is 4.43. The Morgan fingerprint density at radius 2 is 1.86 bits per heavy atom. The maximum absolute atomic E-state index is 12.5. The van der Waals surface area contributed by atoms with Gasteiger partial charge in [-0.2, -0.15) is 5.10 Å². The summed E-state index contributed by atoms with van der Waals surface area (Å²) in [5, 5.41) is 4.30. The van der Waals surface area contributed by atoms with Gasteiger partial charge in [0.05, 0.1) is 19.9 Å². The van der Waals surface area contributed by atoms with Crippen molar-refractivity contribution >= 4 is 11.9 Å². The molecule has 0 N–H and O–H groups in total. The van der Waals surface area contributed by atoms with E-state index < -0.39 is 17.4 Å². The second kappa shape index (κ2) is 6.28. The first-order valence-corrected chi connectivity index (χ1v) is 7.20. The highest BCUT2D eigenvalue weighted by Crippen LogP contribution is 2.44. The summed E-state index contributed by atoms with van der Waals surface area (Å²) in [5.74, 6) is -1.10. The zero-order valence-corrected chi connectivity index (χ0v) is 12.8. The van der Waals surface area contributed by atoms with E-state index in [-0.39, 0.29) is 12.3 Å². The highest BCUT2D eigenvalue weighted by atomic mass is 16.5. The summed E-state index contributed by atoms with van der Waals surface area (Å²) in [6, 6.07) is 1.82. The van der Waals surface area contributed by atoms with Gasteiger partial charge in [0.2, 0.25) is 0 Å². The van der Waals surface area contributed by atoms with Crippen LogP contribution in [0.15, 0.2) is 12.3 Å². The highest BCUT2D eigenvalue weighted by Gasteiger charge is 2.55. The van der Waals surface area contributed by atoms with Crippen LogP contribution in [0.3, 0.4) is 0 Å². The van der Waals surface area contributed by atoms with Gasteiger partial charge in [0.1, 0.15) is 0 Å². The molecule has 0 atom stereocenters. The number of ether oxygens (including phenoxy) is 2. The molecule has 0 spiro atoms. The largest absolute Gasteiger partial charge is 0.468 e. The first-order valence-electron chi connectivity index (χ1n) is 7.20. The molecule has 1 aromatic rings. The van der Waals surface area contributed by atoms with Gasteiger partial charge in [-0.25, -0.2) is 0 Å². The Morgan fingerprint density at radius 1 is 1.29 bits per heavy atom. The number of aromatic nitrogens is 2. The molecule has 1 aliphatic rings. The fourth-order valence-electron chi connectivity index (χ4n) is 3.33. The molecule has 1 aliphatic carbocycles. The summed E-state index contributed by atoms with van der Waals surface area (Å²) < 4.78 is 11.6. The monoisotopic (exact) mass is 294 g/mol. The molecule has 116 valence electrons. The maximum atomic E-state index is 12.5. The zero-order chi connectivity index (χ0) is 15.5. The third kappa shape index (κ3) is 2.80. The standard InChI is InChI=1S/C15H22N2O4/c1-17-9-8-12(16-17)10-15(13(18)20-2,14(19)21-3)11-6-4-5-7-11/h8-9,11H,4-7,10H2,1-3H3. The van der Waals surface area contributed by atoms with Crippen molar-refractivity contribution in [3.63, 3.8) is 0 Å². The van der Waals surface area contributed by atoms with Gasteiger partial charge >= 0.3 is 11.9 Å². The molecule has 0 amide bonds. The highest BCUT2D eigenvalue weighted by molar-refractivity contribution is 6.00. The number of methoxy groups -OCH3 is 2. The molecular weight excluding hydrogens is 272 g/mol. The van der Waals surface area contributed by atoms with E-state index in [1.165, 1.54) is 14.2 Å². The molecule has 0 aliphatic heterocycles. The van der Waals surface area contributed by atoms with E-state index >= 15 is 0 Å². The lowest BCUT2D eigenvalue weighted by Crippen LogP contribution is -2.48. The van der Waals surface area contributed by atoms with Gasteiger partial charge in [0, 0.05) is 19.7 Å². The van der Waals surface area contributed by atoms with E-state index in [0.717, 1.165) is 25.7 Å². The first-order chi connectivity index (χ1) is 10.0. The number of hydrogen-bond donors (Lipinski definition) is 0. The minimum absolute atomic E-state index is 0.0561. The topological polar surface area (TPSA) is 70.4 Å². The number of aryl methyl sites for hydroxylation is 1.